The van der Waals surface area contributed by atoms with E-state index in [0.29, 0.717) is 22.6 Å². The molecule has 1 heterocycles. The van der Waals surface area contributed by atoms with E-state index in [4.69, 9.17) is 5.26 Å². The smallest absolute Gasteiger partial charge is 0.252 e. The summed E-state index contributed by atoms with van der Waals surface area (Å²) >= 11 is 0. The van der Waals surface area contributed by atoms with Crippen molar-refractivity contribution in [1.29, 1.82) is 5.26 Å². The number of nitrogens with zero attached hydrogens (tertiary/aromatic N) is 2. The molecule has 4 heteroatoms. The number of rotatable bonds is 3. The van der Waals surface area contributed by atoms with E-state index in [-0.39, 0.29) is 5.91 Å². The predicted molar refractivity (Wildman–Crippen MR) is 74.9 cm³/mol. The Morgan fingerprint density at radius 2 is 2.20 bits per heavy atom. The normalized spacial score (nSPS) is 23.1. The zero-order chi connectivity index (χ0) is 14.0. The minimum atomic E-state index is -0.0835. The second-order valence-electron chi connectivity index (χ2n) is 6.08. The van der Waals surface area contributed by atoms with Gasteiger partial charge in [0, 0.05) is 12.7 Å². The molecule has 1 spiro atoms. The van der Waals surface area contributed by atoms with E-state index in [2.05, 4.69) is 10.3 Å². The Kier molecular flexibility index (Phi) is 3.43. The summed E-state index contributed by atoms with van der Waals surface area (Å²) in [6.45, 7) is 0.777. The first-order valence-corrected chi connectivity index (χ1v) is 7.38. The van der Waals surface area contributed by atoms with Crippen molar-refractivity contribution in [2.45, 2.75) is 38.5 Å². The quantitative estimate of drug-likeness (QED) is 0.917. The van der Waals surface area contributed by atoms with Crippen molar-refractivity contribution in [3.63, 3.8) is 0 Å². The van der Waals surface area contributed by atoms with Crippen molar-refractivity contribution in [2.24, 2.45) is 11.3 Å². The van der Waals surface area contributed by atoms with Crippen molar-refractivity contribution < 1.29 is 4.79 Å². The molecule has 0 bridgehead atoms. The lowest BCUT2D eigenvalue weighted by molar-refractivity contribution is 0.0949. The topological polar surface area (TPSA) is 65.8 Å². The summed E-state index contributed by atoms with van der Waals surface area (Å²) in [5, 5.41) is 11.7. The van der Waals surface area contributed by atoms with E-state index in [1.807, 2.05) is 6.07 Å². The van der Waals surface area contributed by atoms with Crippen LogP contribution in [0.3, 0.4) is 0 Å². The van der Waals surface area contributed by atoms with E-state index in [1.54, 1.807) is 12.1 Å². The Morgan fingerprint density at radius 1 is 1.40 bits per heavy atom. The zero-order valence-electron chi connectivity index (χ0n) is 11.6. The maximum atomic E-state index is 12.0. The summed E-state index contributed by atoms with van der Waals surface area (Å²) in [6.07, 6.45) is 9.50. The van der Waals surface area contributed by atoms with E-state index in [1.165, 1.54) is 44.7 Å². The van der Waals surface area contributed by atoms with Gasteiger partial charge in [0.2, 0.25) is 0 Å². The number of nitrogens with one attached hydrogen (secondary N) is 1. The van der Waals surface area contributed by atoms with Gasteiger partial charge in [-0.1, -0.05) is 19.3 Å². The lowest BCUT2D eigenvalue weighted by Gasteiger charge is -2.22. The van der Waals surface area contributed by atoms with Crippen LogP contribution in [0.2, 0.25) is 0 Å². The molecule has 2 aliphatic carbocycles. The fourth-order valence-corrected chi connectivity index (χ4v) is 3.50. The first-order chi connectivity index (χ1) is 9.73. The van der Waals surface area contributed by atoms with Crippen LogP contribution in [0.5, 0.6) is 0 Å². The number of hydrogen-bond acceptors (Lipinski definition) is 3. The third-order valence-corrected chi connectivity index (χ3v) is 4.86. The molecule has 2 saturated carbocycles. The van der Waals surface area contributed by atoms with Crippen molar-refractivity contribution in [2.75, 3.05) is 6.54 Å². The van der Waals surface area contributed by atoms with Crippen LogP contribution in [0, 0.1) is 22.7 Å². The number of aromatic nitrogens is 1. The molecule has 1 amide bonds. The molecule has 1 atom stereocenters. The minimum Gasteiger partial charge on any atom is -0.352 e. The van der Waals surface area contributed by atoms with Crippen molar-refractivity contribution in [3.8, 4) is 6.07 Å². The second kappa shape index (κ2) is 5.24. The summed E-state index contributed by atoms with van der Waals surface area (Å²) in [5.74, 6) is 0.581. The third kappa shape index (κ3) is 2.53. The summed E-state index contributed by atoms with van der Waals surface area (Å²) in [5.41, 5.74) is 1.42. The first-order valence-electron chi connectivity index (χ1n) is 7.38. The van der Waals surface area contributed by atoms with Gasteiger partial charge in [-0.15, -0.1) is 0 Å². The van der Waals surface area contributed by atoms with Crippen LogP contribution in [0.25, 0.3) is 0 Å². The number of hydrogen-bond donors (Lipinski definition) is 1. The largest absolute Gasteiger partial charge is 0.352 e. The summed E-state index contributed by atoms with van der Waals surface area (Å²) < 4.78 is 0. The highest BCUT2D eigenvalue weighted by atomic mass is 16.1. The molecule has 3 rings (SSSR count). The van der Waals surface area contributed by atoms with E-state index in [9.17, 15) is 4.79 Å². The SMILES string of the molecule is N#Cc1ccc(C(=O)NC[C@@H]2CC23CCCCC3)cn1. The fourth-order valence-electron chi connectivity index (χ4n) is 3.50. The molecular formula is C16H19N3O. The Bertz CT molecular complexity index is 538. The molecule has 2 fully saturated rings. The molecule has 0 aliphatic heterocycles. The predicted octanol–water partition coefficient (Wildman–Crippen LogP) is 2.65. The Hall–Kier alpha value is -1.89. The van der Waals surface area contributed by atoms with Crippen LogP contribution in [-0.4, -0.2) is 17.4 Å². The molecule has 1 aromatic rings. The summed E-state index contributed by atoms with van der Waals surface area (Å²) in [7, 11) is 0. The fraction of sp³-hybridized carbons (Fsp3) is 0.562. The molecule has 4 nitrogen and oxygen atoms in total. The van der Waals surface area contributed by atoms with Gasteiger partial charge in [0.15, 0.2) is 0 Å². The number of pyridine rings is 1. The van der Waals surface area contributed by atoms with Crippen molar-refractivity contribution in [3.05, 3.63) is 29.6 Å². The summed E-state index contributed by atoms with van der Waals surface area (Å²) in [6, 6.07) is 5.18. The van der Waals surface area contributed by atoms with Gasteiger partial charge >= 0.3 is 0 Å². The Labute approximate surface area is 119 Å². The average Bonchev–Trinajstić information content (AvgIpc) is 3.17. The highest BCUT2D eigenvalue weighted by Gasteiger charge is 2.53. The molecular weight excluding hydrogens is 250 g/mol. The van der Waals surface area contributed by atoms with E-state index >= 15 is 0 Å². The molecule has 2 aliphatic rings. The van der Waals surface area contributed by atoms with E-state index in [0.717, 1.165) is 6.54 Å². The maximum absolute atomic E-state index is 12.0. The molecule has 0 unspecified atom stereocenters. The molecule has 1 aromatic heterocycles. The van der Waals surface area contributed by atoms with Gasteiger partial charge in [0.1, 0.15) is 11.8 Å². The van der Waals surface area contributed by atoms with Crippen LogP contribution in [0.15, 0.2) is 18.3 Å². The molecule has 0 saturated heterocycles. The van der Waals surface area contributed by atoms with Gasteiger partial charge in [0.25, 0.3) is 5.91 Å². The highest BCUT2D eigenvalue weighted by molar-refractivity contribution is 5.93. The lowest BCUT2D eigenvalue weighted by Crippen LogP contribution is -2.27. The van der Waals surface area contributed by atoms with Gasteiger partial charge in [-0.2, -0.15) is 5.26 Å². The van der Waals surface area contributed by atoms with Crippen LogP contribution in [-0.2, 0) is 0 Å². The maximum Gasteiger partial charge on any atom is 0.252 e. The van der Waals surface area contributed by atoms with E-state index < -0.39 is 0 Å². The van der Waals surface area contributed by atoms with Gasteiger partial charge in [-0.25, -0.2) is 4.98 Å². The standard InChI is InChI=1S/C16H19N3O/c17-9-14-5-4-12(10-18-14)15(20)19-11-13-8-16(13)6-2-1-3-7-16/h4-5,10,13H,1-3,6-8,11H2,(H,19,20)/t13-/m0/s1. The van der Waals surface area contributed by atoms with Gasteiger partial charge in [-0.05, 0) is 42.7 Å². The molecule has 0 aromatic carbocycles. The zero-order valence-corrected chi connectivity index (χ0v) is 11.6. The highest BCUT2D eigenvalue weighted by Crippen LogP contribution is 2.60. The molecule has 20 heavy (non-hydrogen) atoms. The van der Waals surface area contributed by atoms with Crippen LogP contribution >= 0.6 is 0 Å². The van der Waals surface area contributed by atoms with Gasteiger partial charge in [0.05, 0.1) is 5.56 Å². The first kappa shape index (κ1) is 13.1. The molecule has 104 valence electrons. The van der Waals surface area contributed by atoms with Gasteiger partial charge < -0.3 is 5.32 Å². The average molecular weight is 269 g/mol. The third-order valence-electron chi connectivity index (χ3n) is 4.86. The summed E-state index contributed by atoms with van der Waals surface area (Å²) in [4.78, 5) is 15.9. The van der Waals surface area contributed by atoms with Gasteiger partial charge in [-0.3, -0.25) is 4.79 Å². The number of carbonyl (C=O) groups is 1. The minimum absolute atomic E-state index is 0.0835. The van der Waals surface area contributed by atoms with Crippen molar-refractivity contribution in [1.82, 2.24) is 10.3 Å². The van der Waals surface area contributed by atoms with Crippen LogP contribution < -0.4 is 5.32 Å². The monoisotopic (exact) mass is 269 g/mol. The van der Waals surface area contributed by atoms with Crippen molar-refractivity contribution >= 4 is 5.91 Å². The van der Waals surface area contributed by atoms with Crippen LogP contribution in [0.4, 0.5) is 0 Å². The number of amides is 1. The number of carbonyl (C=O) groups excluding carboxylic acids is 1. The second-order valence-corrected chi connectivity index (χ2v) is 6.08. The molecule has 0 radical (unpaired) electrons. The van der Waals surface area contributed by atoms with Crippen LogP contribution in [0.1, 0.15) is 54.6 Å². The Morgan fingerprint density at radius 3 is 2.85 bits per heavy atom. The lowest BCUT2D eigenvalue weighted by atomic mass is 9.84. The molecule has 1 N–H and O–H groups in total. The Balaban J connectivity index is 1.51. The number of nitriles is 1.